The molecule has 25 heavy (non-hydrogen) atoms. The number of carbonyl (C=O) groups is 1. The van der Waals surface area contributed by atoms with Crippen molar-refractivity contribution in [3.8, 4) is 0 Å². The van der Waals surface area contributed by atoms with Crippen LogP contribution in [0.4, 0.5) is 10.5 Å². The minimum Gasteiger partial charge on any atom is -0.444 e. The standard InChI is InChI=1S/C18H31N5O2/c1-18(2,3)25-17(24)21-12-11-20-16(19-4)22-13-14-7-9-15(10-8-14)23(5)6/h7-10H,11-13H2,1-6H3,(H,21,24)(H2,19,20,22). The highest BCUT2D eigenvalue weighted by Gasteiger charge is 2.15. The van der Waals surface area contributed by atoms with Gasteiger partial charge >= 0.3 is 6.09 Å². The maximum Gasteiger partial charge on any atom is 0.407 e. The van der Waals surface area contributed by atoms with Crippen LogP contribution in [0.1, 0.15) is 26.3 Å². The fourth-order valence-electron chi connectivity index (χ4n) is 1.98. The van der Waals surface area contributed by atoms with Crippen molar-refractivity contribution < 1.29 is 9.53 Å². The number of anilines is 1. The molecule has 1 amide bonds. The molecule has 0 radical (unpaired) electrons. The Labute approximate surface area is 150 Å². The lowest BCUT2D eigenvalue weighted by Crippen LogP contribution is -2.42. The number of benzene rings is 1. The number of alkyl carbamates (subject to hydrolysis) is 1. The number of amides is 1. The lowest BCUT2D eigenvalue weighted by Gasteiger charge is -2.20. The molecule has 0 spiro atoms. The molecule has 1 aromatic rings. The summed E-state index contributed by atoms with van der Waals surface area (Å²) in [7, 11) is 5.75. The zero-order valence-corrected chi connectivity index (χ0v) is 16.1. The first-order chi connectivity index (χ1) is 11.7. The number of guanidine groups is 1. The summed E-state index contributed by atoms with van der Waals surface area (Å²) in [4.78, 5) is 17.8. The highest BCUT2D eigenvalue weighted by molar-refractivity contribution is 5.79. The van der Waals surface area contributed by atoms with Crippen LogP contribution in [-0.2, 0) is 11.3 Å². The van der Waals surface area contributed by atoms with Gasteiger partial charge in [0.05, 0.1) is 0 Å². The van der Waals surface area contributed by atoms with E-state index >= 15 is 0 Å². The Morgan fingerprint density at radius 1 is 1.08 bits per heavy atom. The molecule has 140 valence electrons. The summed E-state index contributed by atoms with van der Waals surface area (Å²) in [5.41, 5.74) is 1.84. The molecular weight excluding hydrogens is 318 g/mol. The second kappa shape index (κ2) is 9.76. The lowest BCUT2D eigenvalue weighted by molar-refractivity contribution is 0.0529. The quantitative estimate of drug-likeness (QED) is 0.416. The molecule has 1 rings (SSSR count). The molecular formula is C18H31N5O2. The topological polar surface area (TPSA) is 78.0 Å². The number of rotatable bonds is 6. The Hall–Kier alpha value is -2.44. The first kappa shape index (κ1) is 20.6. The summed E-state index contributed by atoms with van der Waals surface area (Å²) in [5, 5.41) is 9.09. The summed E-state index contributed by atoms with van der Waals surface area (Å²) >= 11 is 0. The van der Waals surface area contributed by atoms with Crippen LogP contribution in [-0.4, -0.2) is 51.9 Å². The predicted octanol–water partition coefficient (Wildman–Crippen LogP) is 1.94. The first-order valence-corrected chi connectivity index (χ1v) is 8.39. The molecule has 1 aromatic carbocycles. The van der Waals surface area contributed by atoms with Crippen molar-refractivity contribution in [1.29, 1.82) is 0 Å². The molecule has 0 saturated carbocycles. The molecule has 0 aliphatic carbocycles. The number of nitrogens with zero attached hydrogens (tertiary/aromatic N) is 2. The van der Waals surface area contributed by atoms with Gasteiger partial charge < -0.3 is 25.6 Å². The Balaban J connectivity index is 2.30. The summed E-state index contributed by atoms with van der Waals surface area (Å²) < 4.78 is 5.18. The third-order valence-corrected chi connectivity index (χ3v) is 3.22. The monoisotopic (exact) mass is 349 g/mol. The van der Waals surface area contributed by atoms with Crippen molar-refractivity contribution >= 4 is 17.7 Å². The molecule has 0 aliphatic rings. The van der Waals surface area contributed by atoms with E-state index < -0.39 is 11.7 Å². The molecule has 0 heterocycles. The van der Waals surface area contributed by atoms with Crippen molar-refractivity contribution in [2.75, 3.05) is 39.1 Å². The molecule has 3 N–H and O–H groups in total. The largest absolute Gasteiger partial charge is 0.444 e. The van der Waals surface area contributed by atoms with E-state index in [2.05, 4.69) is 50.1 Å². The van der Waals surface area contributed by atoms with Crippen LogP contribution in [0.25, 0.3) is 0 Å². The molecule has 0 aliphatic heterocycles. The zero-order valence-electron chi connectivity index (χ0n) is 16.1. The van der Waals surface area contributed by atoms with Gasteiger partial charge in [0.2, 0.25) is 0 Å². The number of aliphatic imine (C=N–C) groups is 1. The van der Waals surface area contributed by atoms with Crippen LogP contribution in [0, 0.1) is 0 Å². The molecule has 0 unspecified atom stereocenters. The van der Waals surface area contributed by atoms with Crippen LogP contribution in [0.5, 0.6) is 0 Å². The molecule has 0 atom stereocenters. The van der Waals surface area contributed by atoms with Gasteiger partial charge in [0.1, 0.15) is 5.60 Å². The summed E-state index contributed by atoms with van der Waals surface area (Å²) in [6, 6.07) is 8.33. The van der Waals surface area contributed by atoms with Crippen molar-refractivity contribution in [2.24, 2.45) is 4.99 Å². The third-order valence-electron chi connectivity index (χ3n) is 3.22. The number of hydrogen-bond donors (Lipinski definition) is 3. The van der Waals surface area contributed by atoms with Gasteiger partial charge in [0.25, 0.3) is 0 Å². The van der Waals surface area contributed by atoms with E-state index in [0.29, 0.717) is 25.6 Å². The van der Waals surface area contributed by atoms with Gasteiger partial charge in [0.15, 0.2) is 5.96 Å². The van der Waals surface area contributed by atoms with Gasteiger partial charge in [-0.3, -0.25) is 4.99 Å². The molecule has 0 aromatic heterocycles. The fourth-order valence-corrected chi connectivity index (χ4v) is 1.98. The summed E-state index contributed by atoms with van der Waals surface area (Å²) in [6.45, 7) is 7.18. The van der Waals surface area contributed by atoms with Crippen LogP contribution in [0.2, 0.25) is 0 Å². The van der Waals surface area contributed by atoms with E-state index in [9.17, 15) is 4.79 Å². The van der Waals surface area contributed by atoms with E-state index in [1.807, 2.05) is 34.9 Å². The van der Waals surface area contributed by atoms with E-state index in [0.717, 1.165) is 0 Å². The second-order valence-electron chi connectivity index (χ2n) is 6.84. The second-order valence-corrected chi connectivity index (χ2v) is 6.84. The van der Waals surface area contributed by atoms with Crippen molar-refractivity contribution in [1.82, 2.24) is 16.0 Å². The predicted molar refractivity (Wildman–Crippen MR) is 103 cm³/mol. The Morgan fingerprint density at radius 3 is 2.20 bits per heavy atom. The SMILES string of the molecule is CN=C(NCCNC(=O)OC(C)(C)C)NCc1ccc(N(C)C)cc1. The van der Waals surface area contributed by atoms with E-state index in [1.165, 1.54) is 11.3 Å². The number of ether oxygens (including phenoxy) is 1. The van der Waals surface area contributed by atoms with Crippen LogP contribution >= 0.6 is 0 Å². The minimum atomic E-state index is -0.489. The highest BCUT2D eigenvalue weighted by atomic mass is 16.6. The van der Waals surface area contributed by atoms with Gasteiger partial charge in [-0.1, -0.05) is 12.1 Å². The van der Waals surface area contributed by atoms with Crippen LogP contribution in [0.3, 0.4) is 0 Å². The molecule has 7 nitrogen and oxygen atoms in total. The van der Waals surface area contributed by atoms with Gasteiger partial charge in [0, 0.05) is 46.5 Å². The van der Waals surface area contributed by atoms with Crippen LogP contribution in [0.15, 0.2) is 29.3 Å². The highest BCUT2D eigenvalue weighted by Crippen LogP contribution is 2.11. The number of carbonyl (C=O) groups excluding carboxylic acids is 1. The van der Waals surface area contributed by atoms with E-state index in [-0.39, 0.29) is 0 Å². The summed E-state index contributed by atoms with van der Waals surface area (Å²) in [6.07, 6.45) is -0.418. The fraction of sp³-hybridized carbons (Fsp3) is 0.556. The van der Waals surface area contributed by atoms with E-state index in [4.69, 9.17) is 4.74 Å². The molecule has 7 heteroatoms. The lowest BCUT2D eigenvalue weighted by atomic mass is 10.2. The normalized spacial score (nSPS) is 11.7. The Kier molecular flexibility index (Phi) is 8.04. The maximum atomic E-state index is 11.5. The van der Waals surface area contributed by atoms with Crippen molar-refractivity contribution in [2.45, 2.75) is 32.9 Å². The maximum absolute atomic E-state index is 11.5. The number of hydrogen-bond acceptors (Lipinski definition) is 4. The van der Waals surface area contributed by atoms with E-state index in [1.54, 1.807) is 7.05 Å². The first-order valence-electron chi connectivity index (χ1n) is 8.39. The molecule has 0 fully saturated rings. The smallest absolute Gasteiger partial charge is 0.407 e. The zero-order chi connectivity index (χ0) is 18.9. The van der Waals surface area contributed by atoms with Crippen molar-refractivity contribution in [3.63, 3.8) is 0 Å². The van der Waals surface area contributed by atoms with Gasteiger partial charge in [-0.25, -0.2) is 4.79 Å². The Bertz CT molecular complexity index is 562. The summed E-state index contributed by atoms with van der Waals surface area (Å²) in [5.74, 6) is 0.683. The molecule has 0 bridgehead atoms. The van der Waals surface area contributed by atoms with Gasteiger partial charge in [-0.05, 0) is 38.5 Å². The van der Waals surface area contributed by atoms with Gasteiger partial charge in [-0.15, -0.1) is 0 Å². The minimum absolute atomic E-state index is 0.418. The van der Waals surface area contributed by atoms with Gasteiger partial charge in [-0.2, -0.15) is 0 Å². The van der Waals surface area contributed by atoms with Crippen molar-refractivity contribution in [3.05, 3.63) is 29.8 Å². The third kappa shape index (κ3) is 8.83. The number of nitrogens with one attached hydrogen (secondary N) is 3. The Morgan fingerprint density at radius 2 is 1.68 bits per heavy atom. The van der Waals surface area contributed by atoms with Crippen LogP contribution < -0.4 is 20.9 Å². The average molecular weight is 349 g/mol. The molecule has 0 saturated heterocycles. The average Bonchev–Trinajstić information content (AvgIpc) is 2.53.